The fraction of sp³-hybridized carbons (Fsp3) is 0. The van der Waals surface area contributed by atoms with Gasteiger partial charge in [-0.3, -0.25) is 0 Å². The maximum Gasteiger partial charge on any atom is 0.316 e. The van der Waals surface area contributed by atoms with E-state index in [4.69, 9.17) is 0 Å². The van der Waals surface area contributed by atoms with Gasteiger partial charge in [0, 0.05) is 28.3 Å². The van der Waals surface area contributed by atoms with Gasteiger partial charge in [-0.2, -0.15) is 0 Å². The summed E-state index contributed by atoms with van der Waals surface area (Å²) in [5, 5.41) is 0. The molecule has 0 aromatic carbocycles. The van der Waals surface area contributed by atoms with Crippen LogP contribution in [-0.4, -0.2) is 103 Å². The molecule has 0 atom stereocenters. The SMILES string of the molecule is [Al].[KH].[MgH2].[Si]. The Morgan fingerprint density at radius 2 is 1.00 bits per heavy atom. The van der Waals surface area contributed by atoms with Crippen molar-refractivity contribution in [2.45, 2.75) is 0 Å². The van der Waals surface area contributed by atoms with Gasteiger partial charge in [-0.1, -0.05) is 0 Å². The number of rotatable bonds is 0. The van der Waals surface area contributed by atoms with Gasteiger partial charge in [0.1, 0.15) is 0 Å². The first-order chi connectivity index (χ1) is 0. The molecular weight excluding hydrogens is 118 g/mol. The standard InChI is InChI=1S/Al.K.Mg.Si.3H. The molecule has 4 heavy (non-hydrogen) atoms. The molecule has 0 saturated heterocycles. The van der Waals surface area contributed by atoms with E-state index in [9.17, 15) is 0 Å². The van der Waals surface area contributed by atoms with Crippen molar-refractivity contribution < 1.29 is 0 Å². The van der Waals surface area contributed by atoms with Crippen LogP contribution < -0.4 is 0 Å². The monoisotopic (exact) mass is 121 g/mol. The van der Waals surface area contributed by atoms with E-state index in [0.717, 1.165) is 0 Å². The summed E-state index contributed by atoms with van der Waals surface area (Å²) < 4.78 is 0. The van der Waals surface area contributed by atoms with Crippen molar-refractivity contribution in [1.82, 2.24) is 0 Å². The van der Waals surface area contributed by atoms with E-state index in [0.29, 0.717) is 0 Å². The van der Waals surface area contributed by atoms with Gasteiger partial charge in [0.25, 0.3) is 0 Å². The zero-order valence-corrected chi connectivity index (χ0v) is 3.23. The molecular formula is H3AlKMgSi. The molecule has 0 aromatic heterocycles. The molecule has 0 saturated carbocycles. The van der Waals surface area contributed by atoms with Gasteiger partial charge in [-0.05, 0) is 0 Å². The molecule has 0 bridgehead atoms. The second kappa shape index (κ2) is 16.4. The van der Waals surface area contributed by atoms with Gasteiger partial charge >= 0.3 is 74.4 Å². The van der Waals surface area contributed by atoms with Crippen molar-refractivity contribution in [3.05, 3.63) is 0 Å². The van der Waals surface area contributed by atoms with Crippen LogP contribution in [0.1, 0.15) is 0 Å². The number of hydrogen-bond acceptors (Lipinski definition) is 0. The summed E-state index contributed by atoms with van der Waals surface area (Å²) in [6, 6.07) is 0. The van der Waals surface area contributed by atoms with Gasteiger partial charge in [0.2, 0.25) is 0 Å². The van der Waals surface area contributed by atoms with Crippen molar-refractivity contribution in [2.24, 2.45) is 0 Å². The third-order valence-electron chi connectivity index (χ3n) is 0. The minimum atomic E-state index is 0. The summed E-state index contributed by atoms with van der Waals surface area (Å²) in [6.07, 6.45) is 0. The summed E-state index contributed by atoms with van der Waals surface area (Å²) in [6.45, 7) is 0. The Balaban J connectivity index is 0. The van der Waals surface area contributed by atoms with Crippen molar-refractivity contribution in [2.75, 3.05) is 0 Å². The molecule has 0 aromatic rings. The quantitative estimate of drug-likeness (QED) is 0.316. The molecule has 0 aliphatic heterocycles. The Bertz CT molecular complexity index is 8.00. The van der Waals surface area contributed by atoms with Gasteiger partial charge in [-0.25, -0.2) is 0 Å². The Kier molecular flexibility index (Phi) is 112. The smallest absolute Gasteiger partial charge is 0 e. The number of hydrogen-bond donors (Lipinski definition) is 0. The second-order valence-corrected chi connectivity index (χ2v) is 0. The Labute approximate surface area is 100 Å². The van der Waals surface area contributed by atoms with Crippen LogP contribution in [0.5, 0.6) is 0 Å². The van der Waals surface area contributed by atoms with Gasteiger partial charge in [-0.15, -0.1) is 0 Å². The Morgan fingerprint density at radius 1 is 1.00 bits per heavy atom. The van der Waals surface area contributed by atoms with Gasteiger partial charge in [0.05, 0.1) is 0 Å². The summed E-state index contributed by atoms with van der Waals surface area (Å²) >= 11 is 0. The fourth-order valence-electron chi connectivity index (χ4n) is 0. The van der Waals surface area contributed by atoms with Crippen LogP contribution in [0.25, 0.3) is 0 Å². The average molecular weight is 121 g/mol. The van der Waals surface area contributed by atoms with Gasteiger partial charge < -0.3 is 0 Å². The molecule has 0 heterocycles. The molecule has 0 aliphatic rings. The summed E-state index contributed by atoms with van der Waals surface area (Å²) in [5.41, 5.74) is 0. The summed E-state index contributed by atoms with van der Waals surface area (Å²) in [4.78, 5) is 0. The van der Waals surface area contributed by atoms with Crippen LogP contribution in [-0.2, 0) is 0 Å². The van der Waals surface area contributed by atoms with Gasteiger partial charge in [0.15, 0.2) is 0 Å². The first-order valence-electron chi connectivity index (χ1n) is 0. The van der Waals surface area contributed by atoms with Crippen molar-refractivity contribution >= 4 is 103 Å². The third-order valence-corrected chi connectivity index (χ3v) is 0. The van der Waals surface area contributed by atoms with Crippen LogP contribution in [0.2, 0.25) is 0 Å². The Hall–Kier alpha value is 3.15. The molecule has 7 radical (unpaired) electrons. The van der Waals surface area contributed by atoms with E-state index >= 15 is 0 Å². The van der Waals surface area contributed by atoms with Crippen LogP contribution in [0.15, 0.2) is 0 Å². The van der Waals surface area contributed by atoms with E-state index in [-0.39, 0.29) is 103 Å². The van der Waals surface area contributed by atoms with Crippen molar-refractivity contribution in [3.8, 4) is 0 Å². The predicted octanol–water partition coefficient (Wildman–Crippen LogP) is -2.33. The van der Waals surface area contributed by atoms with E-state index in [1.807, 2.05) is 0 Å². The minimum Gasteiger partial charge on any atom is 0 e. The predicted molar refractivity (Wildman–Crippen MR) is 27.2 cm³/mol. The molecule has 0 fully saturated rings. The topological polar surface area (TPSA) is 0 Å². The van der Waals surface area contributed by atoms with Crippen molar-refractivity contribution in [3.63, 3.8) is 0 Å². The maximum absolute atomic E-state index is 0. The van der Waals surface area contributed by atoms with E-state index < -0.39 is 0 Å². The molecule has 0 aliphatic carbocycles. The summed E-state index contributed by atoms with van der Waals surface area (Å²) in [5.74, 6) is 0. The largest absolute Gasteiger partial charge is 0.316 e. The van der Waals surface area contributed by atoms with E-state index in [2.05, 4.69) is 0 Å². The Morgan fingerprint density at radius 3 is 1.00 bits per heavy atom. The van der Waals surface area contributed by atoms with E-state index in [1.54, 1.807) is 0 Å². The maximum atomic E-state index is 0. The molecule has 0 nitrogen and oxygen atoms in total. The average Bonchev–Trinajstić information content (AvgIpc) is 0. The molecule has 13 valence electrons. The zero-order valence-electron chi connectivity index (χ0n) is 1.08. The fourth-order valence-corrected chi connectivity index (χ4v) is 0. The molecule has 0 rings (SSSR count). The van der Waals surface area contributed by atoms with Crippen LogP contribution in [0.4, 0.5) is 0 Å². The zero-order chi connectivity index (χ0) is 0. The van der Waals surface area contributed by atoms with E-state index in [1.165, 1.54) is 0 Å². The van der Waals surface area contributed by atoms with Crippen LogP contribution >= 0.6 is 0 Å². The first-order valence-corrected chi connectivity index (χ1v) is 0. The minimum absolute atomic E-state index is 0. The van der Waals surface area contributed by atoms with Crippen LogP contribution in [0.3, 0.4) is 0 Å². The molecule has 4 heteroatoms. The molecule has 0 N–H and O–H groups in total. The normalized spacial score (nSPS) is 0. The molecule has 0 amide bonds. The second-order valence-electron chi connectivity index (χ2n) is 0. The first kappa shape index (κ1) is 27.2. The molecule has 0 spiro atoms. The van der Waals surface area contributed by atoms with Crippen molar-refractivity contribution in [1.29, 1.82) is 0 Å². The molecule has 0 unspecified atom stereocenters. The van der Waals surface area contributed by atoms with Crippen LogP contribution in [0, 0.1) is 0 Å². The third kappa shape index (κ3) is 8.94. The summed E-state index contributed by atoms with van der Waals surface area (Å²) in [7, 11) is 0.